The Balaban J connectivity index is 1.55. The molecule has 0 aliphatic carbocycles. The van der Waals surface area contributed by atoms with E-state index >= 15 is 0 Å². The number of guanidine groups is 1. The van der Waals surface area contributed by atoms with Gasteiger partial charge in [-0.3, -0.25) is 4.99 Å². The number of thiazole rings is 1. The second kappa shape index (κ2) is 10.7. The Bertz CT molecular complexity index is 491. The third-order valence-corrected chi connectivity index (χ3v) is 5.79. The standard InChI is InChI=1S/C18H33N5S/c1-4-16-13-21-17(24-16)14-22-18(19-3)20-9-5-6-10-23-11-7-15(2)8-12-23/h13,15H,4-12,14H2,1-3H3,(H2,19,20,22). The van der Waals surface area contributed by atoms with Crippen LogP contribution in [-0.2, 0) is 13.0 Å². The first-order valence-electron chi connectivity index (χ1n) is 9.31. The van der Waals surface area contributed by atoms with E-state index in [9.17, 15) is 0 Å². The summed E-state index contributed by atoms with van der Waals surface area (Å²) < 4.78 is 0. The van der Waals surface area contributed by atoms with Crippen molar-refractivity contribution in [1.29, 1.82) is 0 Å². The van der Waals surface area contributed by atoms with Crippen LogP contribution >= 0.6 is 11.3 Å². The largest absolute Gasteiger partial charge is 0.356 e. The molecule has 2 heterocycles. The number of aryl methyl sites for hydroxylation is 1. The summed E-state index contributed by atoms with van der Waals surface area (Å²) in [6, 6.07) is 0. The van der Waals surface area contributed by atoms with Gasteiger partial charge in [-0.2, -0.15) is 0 Å². The van der Waals surface area contributed by atoms with Gasteiger partial charge >= 0.3 is 0 Å². The normalized spacial score (nSPS) is 17.2. The van der Waals surface area contributed by atoms with Crippen molar-refractivity contribution in [3.8, 4) is 0 Å². The van der Waals surface area contributed by atoms with Crippen molar-refractivity contribution >= 4 is 17.3 Å². The highest BCUT2D eigenvalue weighted by atomic mass is 32.1. The minimum Gasteiger partial charge on any atom is -0.356 e. The Kier molecular flexibility index (Phi) is 8.53. The number of unbranched alkanes of at least 4 members (excludes halogenated alkanes) is 1. The van der Waals surface area contributed by atoms with Gasteiger partial charge in [0.15, 0.2) is 5.96 Å². The zero-order valence-corrected chi connectivity index (χ0v) is 16.3. The van der Waals surface area contributed by atoms with Crippen molar-refractivity contribution in [2.75, 3.05) is 33.2 Å². The molecule has 0 bridgehead atoms. The highest BCUT2D eigenvalue weighted by Crippen LogP contribution is 2.16. The van der Waals surface area contributed by atoms with Crippen LogP contribution in [0.25, 0.3) is 0 Å². The Morgan fingerprint density at radius 3 is 2.79 bits per heavy atom. The van der Waals surface area contributed by atoms with Crippen LogP contribution in [0, 0.1) is 5.92 Å². The Labute approximate surface area is 151 Å². The van der Waals surface area contributed by atoms with Crippen LogP contribution in [0.5, 0.6) is 0 Å². The maximum atomic E-state index is 4.43. The molecule has 0 unspecified atom stereocenters. The van der Waals surface area contributed by atoms with Gasteiger partial charge in [0.1, 0.15) is 5.01 Å². The first kappa shape index (κ1) is 19.2. The van der Waals surface area contributed by atoms with Gasteiger partial charge in [0, 0.05) is 24.7 Å². The number of likely N-dealkylation sites (tertiary alicyclic amines) is 1. The minimum absolute atomic E-state index is 0.746. The Morgan fingerprint density at radius 1 is 1.33 bits per heavy atom. The molecule has 0 saturated carbocycles. The molecule has 1 aliphatic rings. The number of nitrogens with zero attached hydrogens (tertiary/aromatic N) is 3. The van der Waals surface area contributed by atoms with Crippen molar-refractivity contribution in [3.63, 3.8) is 0 Å². The van der Waals surface area contributed by atoms with Crippen LogP contribution in [0.4, 0.5) is 0 Å². The third kappa shape index (κ3) is 6.77. The van der Waals surface area contributed by atoms with Crippen molar-refractivity contribution in [2.45, 2.75) is 52.5 Å². The van der Waals surface area contributed by atoms with E-state index < -0.39 is 0 Å². The first-order chi connectivity index (χ1) is 11.7. The van der Waals surface area contributed by atoms with Gasteiger partial charge in [-0.15, -0.1) is 11.3 Å². The summed E-state index contributed by atoms with van der Waals surface area (Å²) in [4.78, 5) is 12.7. The van der Waals surface area contributed by atoms with Crippen molar-refractivity contribution in [2.24, 2.45) is 10.9 Å². The highest BCUT2D eigenvalue weighted by Gasteiger charge is 2.14. The predicted molar refractivity (Wildman–Crippen MR) is 104 cm³/mol. The lowest BCUT2D eigenvalue weighted by Gasteiger charge is -2.30. The quantitative estimate of drug-likeness (QED) is 0.430. The summed E-state index contributed by atoms with van der Waals surface area (Å²) in [5.74, 6) is 1.79. The summed E-state index contributed by atoms with van der Waals surface area (Å²) in [5.41, 5.74) is 0. The number of nitrogens with one attached hydrogen (secondary N) is 2. The lowest BCUT2D eigenvalue weighted by atomic mass is 9.99. The third-order valence-electron chi connectivity index (χ3n) is 4.65. The van der Waals surface area contributed by atoms with E-state index in [2.05, 4.69) is 39.4 Å². The van der Waals surface area contributed by atoms with Crippen molar-refractivity contribution < 1.29 is 0 Å². The van der Waals surface area contributed by atoms with Crippen LogP contribution in [0.3, 0.4) is 0 Å². The Hall–Kier alpha value is -1.14. The fraction of sp³-hybridized carbons (Fsp3) is 0.778. The van der Waals surface area contributed by atoms with E-state index in [4.69, 9.17) is 0 Å². The maximum absolute atomic E-state index is 4.43. The SMILES string of the molecule is CCc1cnc(CNC(=NC)NCCCCN2CCC(C)CC2)s1. The molecule has 5 nitrogen and oxygen atoms in total. The molecule has 1 aromatic heterocycles. The first-order valence-corrected chi connectivity index (χ1v) is 10.1. The van der Waals surface area contributed by atoms with Crippen LogP contribution in [-0.4, -0.2) is 49.1 Å². The summed E-state index contributed by atoms with van der Waals surface area (Å²) in [5, 5.41) is 7.87. The summed E-state index contributed by atoms with van der Waals surface area (Å²) >= 11 is 1.77. The van der Waals surface area contributed by atoms with Crippen molar-refractivity contribution in [1.82, 2.24) is 20.5 Å². The number of hydrogen-bond donors (Lipinski definition) is 2. The zero-order valence-electron chi connectivity index (χ0n) is 15.5. The summed E-state index contributed by atoms with van der Waals surface area (Å²) in [6.45, 7) is 10.1. The molecular weight excluding hydrogens is 318 g/mol. The lowest BCUT2D eigenvalue weighted by Crippen LogP contribution is -2.38. The van der Waals surface area contributed by atoms with Crippen LogP contribution in [0.2, 0.25) is 0 Å². The number of aliphatic imine (C=N–C) groups is 1. The van der Waals surface area contributed by atoms with Gasteiger partial charge in [0.25, 0.3) is 0 Å². The number of aromatic nitrogens is 1. The average Bonchev–Trinajstić information content (AvgIpc) is 3.07. The van der Waals surface area contributed by atoms with Crippen LogP contribution in [0.15, 0.2) is 11.2 Å². The molecule has 0 spiro atoms. The zero-order chi connectivity index (χ0) is 17.2. The van der Waals surface area contributed by atoms with E-state index in [0.29, 0.717) is 0 Å². The van der Waals surface area contributed by atoms with E-state index in [1.807, 2.05) is 13.2 Å². The monoisotopic (exact) mass is 351 g/mol. The highest BCUT2D eigenvalue weighted by molar-refractivity contribution is 7.11. The van der Waals surface area contributed by atoms with E-state index in [-0.39, 0.29) is 0 Å². The molecular formula is C18H33N5S. The molecule has 1 saturated heterocycles. The molecule has 136 valence electrons. The minimum atomic E-state index is 0.746. The molecule has 1 aliphatic heterocycles. The number of hydrogen-bond acceptors (Lipinski definition) is 4. The van der Waals surface area contributed by atoms with Gasteiger partial charge in [-0.05, 0) is 57.7 Å². The van der Waals surface area contributed by atoms with Gasteiger partial charge in [0.05, 0.1) is 6.54 Å². The molecule has 24 heavy (non-hydrogen) atoms. The lowest BCUT2D eigenvalue weighted by molar-refractivity contribution is 0.189. The van der Waals surface area contributed by atoms with Gasteiger partial charge < -0.3 is 15.5 Å². The van der Waals surface area contributed by atoms with E-state index in [1.54, 1.807) is 11.3 Å². The molecule has 2 rings (SSSR count). The van der Waals surface area contributed by atoms with Gasteiger partial charge in [0.2, 0.25) is 0 Å². The topological polar surface area (TPSA) is 52.6 Å². The van der Waals surface area contributed by atoms with Crippen LogP contribution < -0.4 is 10.6 Å². The van der Waals surface area contributed by atoms with Gasteiger partial charge in [-0.25, -0.2) is 4.98 Å². The number of rotatable bonds is 8. The van der Waals surface area contributed by atoms with Gasteiger partial charge in [-0.1, -0.05) is 13.8 Å². The summed E-state index contributed by atoms with van der Waals surface area (Å²) in [6.07, 6.45) is 8.20. The number of piperidine rings is 1. The molecule has 6 heteroatoms. The molecule has 1 aromatic rings. The fourth-order valence-corrected chi connectivity index (χ4v) is 3.73. The van der Waals surface area contributed by atoms with Crippen LogP contribution in [0.1, 0.15) is 49.4 Å². The van der Waals surface area contributed by atoms with Crippen molar-refractivity contribution in [3.05, 3.63) is 16.1 Å². The molecule has 2 N–H and O–H groups in total. The molecule has 0 aromatic carbocycles. The smallest absolute Gasteiger partial charge is 0.191 e. The second-order valence-electron chi connectivity index (χ2n) is 6.66. The molecule has 0 amide bonds. The average molecular weight is 352 g/mol. The fourth-order valence-electron chi connectivity index (χ4n) is 2.93. The van der Waals surface area contributed by atoms with E-state index in [1.165, 1.54) is 50.2 Å². The molecule has 0 radical (unpaired) electrons. The molecule has 1 fully saturated rings. The molecule has 0 atom stereocenters. The maximum Gasteiger partial charge on any atom is 0.191 e. The second-order valence-corrected chi connectivity index (χ2v) is 7.86. The predicted octanol–water partition coefficient (Wildman–Crippen LogP) is 2.88. The Morgan fingerprint density at radius 2 is 2.12 bits per heavy atom. The van der Waals surface area contributed by atoms with E-state index in [0.717, 1.165) is 36.4 Å². The summed E-state index contributed by atoms with van der Waals surface area (Å²) in [7, 11) is 1.82.